The van der Waals surface area contributed by atoms with Gasteiger partial charge in [0.2, 0.25) is 11.8 Å². The Morgan fingerprint density at radius 3 is 2.73 bits per heavy atom. The lowest BCUT2D eigenvalue weighted by atomic mass is 9.73. The molecule has 2 aliphatic rings. The Labute approximate surface area is 130 Å². The van der Waals surface area contributed by atoms with Crippen LogP contribution >= 0.6 is 0 Å². The quantitative estimate of drug-likeness (QED) is 0.728. The third kappa shape index (κ3) is 2.99. The molecule has 3 N–H and O–H groups in total. The lowest BCUT2D eigenvalue weighted by Crippen LogP contribution is -2.61. The Balaban J connectivity index is 1.64. The van der Waals surface area contributed by atoms with Gasteiger partial charge in [0.15, 0.2) is 0 Å². The Morgan fingerprint density at radius 1 is 1.23 bits per heavy atom. The van der Waals surface area contributed by atoms with Gasteiger partial charge in [0.25, 0.3) is 0 Å². The molecule has 0 bridgehead atoms. The van der Waals surface area contributed by atoms with Crippen LogP contribution in [-0.4, -0.2) is 29.1 Å². The molecule has 4 unspecified atom stereocenters. The van der Waals surface area contributed by atoms with Gasteiger partial charge in [-0.3, -0.25) is 9.59 Å². The van der Waals surface area contributed by atoms with E-state index in [-0.39, 0.29) is 17.9 Å². The van der Waals surface area contributed by atoms with Crippen molar-refractivity contribution >= 4 is 11.8 Å². The maximum atomic E-state index is 12.3. The van der Waals surface area contributed by atoms with Crippen LogP contribution in [0.5, 0.6) is 0 Å². The zero-order chi connectivity index (χ0) is 15.5. The summed E-state index contributed by atoms with van der Waals surface area (Å²) in [4.78, 5) is 24.5. The summed E-state index contributed by atoms with van der Waals surface area (Å²) in [5.41, 5.74) is 0.970. The fourth-order valence-electron chi connectivity index (χ4n) is 3.59. The molecular formula is C17H22N2O3. The van der Waals surface area contributed by atoms with Gasteiger partial charge in [-0.2, -0.15) is 0 Å². The van der Waals surface area contributed by atoms with Crippen molar-refractivity contribution in [1.29, 1.82) is 0 Å². The summed E-state index contributed by atoms with van der Waals surface area (Å²) in [5, 5.41) is 16.2. The summed E-state index contributed by atoms with van der Waals surface area (Å²) in [6.07, 6.45) is 3.00. The average molecular weight is 302 g/mol. The Bertz CT molecular complexity index is 546. The highest BCUT2D eigenvalue weighted by Gasteiger charge is 2.47. The van der Waals surface area contributed by atoms with E-state index in [2.05, 4.69) is 10.6 Å². The maximum absolute atomic E-state index is 12.3. The SMILES string of the molecule is O=C(NCc1ccccc1)C1C(=O)NC2CCCCC2C1O. The van der Waals surface area contributed by atoms with Gasteiger partial charge in [-0.25, -0.2) is 0 Å². The number of carbonyl (C=O) groups excluding carboxylic acids is 2. The topological polar surface area (TPSA) is 78.4 Å². The molecule has 0 radical (unpaired) electrons. The third-order valence-electron chi connectivity index (χ3n) is 4.80. The molecule has 1 saturated carbocycles. The number of benzene rings is 1. The van der Waals surface area contributed by atoms with Gasteiger partial charge < -0.3 is 15.7 Å². The highest BCUT2D eigenvalue weighted by molar-refractivity contribution is 6.01. The lowest BCUT2D eigenvalue weighted by molar-refractivity contribution is -0.148. The average Bonchev–Trinajstić information content (AvgIpc) is 2.54. The zero-order valence-electron chi connectivity index (χ0n) is 12.5. The van der Waals surface area contributed by atoms with Crippen LogP contribution in [0.4, 0.5) is 0 Å². The van der Waals surface area contributed by atoms with Gasteiger partial charge in [-0.05, 0) is 18.4 Å². The number of rotatable bonds is 3. The largest absolute Gasteiger partial charge is 0.391 e. The van der Waals surface area contributed by atoms with Gasteiger partial charge >= 0.3 is 0 Å². The first-order valence-electron chi connectivity index (χ1n) is 7.97. The fraction of sp³-hybridized carbons (Fsp3) is 0.529. The Hall–Kier alpha value is -1.88. The molecule has 22 heavy (non-hydrogen) atoms. The van der Waals surface area contributed by atoms with Crippen LogP contribution < -0.4 is 10.6 Å². The second-order valence-corrected chi connectivity index (χ2v) is 6.24. The predicted molar refractivity (Wildman–Crippen MR) is 81.7 cm³/mol. The molecule has 1 aliphatic heterocycles. The van der Waals surface area contributed by atoms with Gasteiger partial charge in [0, 0.05) is 18.5 Å². The first kappa shape index (κ1) is 15.0. The summed E-state index contributed by atoms with van der Waals surface area (Å²) in [5.74, 6) is -1.74. The van der Waals surface area contributed by atoms with Gasteiger partial charge in [0.05, 0.1) is 6.10 Å². The summed E-state index contributed by atoms with van der Waals surface area (Å²) in [6.45, 7) is 0.365. The number of fused-ring (bicyclic) bond motifs is 1. The summed E-state index contributed by atoms with van der Waals surface area (Å²) >= 11 is 0. The minimum Gasteiger partial charge on any atom is -0.391 e. The number of aliphatic hydroxyl groups excluding tert-OH is 1. The lowest BCUT2D eigenvalue weighted by Gasteiger charge is -2.42. The number of piperidine rings is 1. The summed E-state index contributed by atoms with van der Waals surface area (Å²) in [6, 6.07) is 9.55. The van der Waals surface area contributed by atoms with E-state index in [0.29, 0.717) is 6.54 Å². The molecule has 2 fully saturated rings. The van der Waals surface area contributed by atoms with E-state index in [9.17, 15) is 14.7 Å². The number of carbonyl (C=O) groups is 2. The van der Waals surface area contributed by atoms with E-state index in [1.54, 1.807) is 0 Å². The normalized spacial score (nSPS) is 31.0. The molecule has 0 spiro atoms. The molecule has 5 heteroatoms. The van der Waals surface area contributed by atoms with Crippen LogP contribution in [-0.2, 0) is 16.1 Å². The monoisotopic (exact) mass is 302 g/mol. The Kier molecular flexibility index (Phi) is 4.43. The van der Waals surface area contributed by atoms with Crippen molar-refractivity contribution in [1.82, 2.24) is 10.6 Å². The minimum absolute atomic E-state index is 0.000995. The molecule has 0 aromatic heterocycles. The van der Waals surface area contributed by atoms with Crippen LogP contribution in [0.2, 0.25) is 0 Å². The van der Waals surface area contributed by atoms with Crippen molar-refractivity contribution in [3.8, 4) is 0 Å². The van der Waals surface area contributed by atoms with Gasteiger partial charge in [-0.15, -0.1) is 0 Å². The third-order valence-corrected chi connectivity index (χ3v) is 4.80. The molecule has 1 saturated heterocycles. The minimum atomic E-state index is -0.997. The van der Waals surface area contributed by atoms with Crippen molar-refractivity contribution in [2.45, 2.75) is 44.4 Å². The second kappa shape index (κ2) is 6.48. The summed E-state index contributed by atoms with van der Waals surface area (Å²) in [7, 11) is 0. The Morgan fingerprint density at radius 2 is 1.95 bits per heavy atom. The molecular weight excluding hydrogens is 280 g/mol. The standard InChI is InChI=1S/C17H22N2O3/c20-15-12-8-4-5-9-13(12)19-17(22)14(15)16(21)18-10-11-6-2-1-3-7-11/h1-3,6-7,12-15,20H,4-5,8-10H2,(H,18,21)(H,19,22). The van der Waals surface area contributed by atoms with E-state index in [4.69, 9.17) is 0 Å². The van der Waals surface area contributed by atoms with Crippen molar-refractivity contribution in [3.63, 3.8) is 0 Å². The molecule has 4 atom stereocenters. The smallest absolute Gasteiger partial charge is 0.235 e. The van der Waals surface area contributed by atoms with Crippen LogP contribution in [0.15, 0.2) is 30.3 Å². The highest BCUT2D eigenvalue weighted by atomic mass is 16.3. The van der Waals surface area contributed by atoms with Crippen molar-refractivity contribution in [3.05, 3.63) is 35.9 Å². The second-order valence-electron chi connectivity index (χ2n) is 6.24. The summed E-state index contributed by atoms with van der Waals surface area (Å²) < 4.78 is 0. The van der Waals surface area contributed by atoms with Gasteiger partial charge in [0.1, 0.15) is 5.92 Å². The molecule has 2 amide bonds. The van der Waals surface area contributed by atoms with Crippen molar-refractivity contribution in [2.75, 3.05) is 0 Å². The first-order chi connectivity index (χ1) is 10.7. The van der Waals surface area contributed by atoms with E-state index >= 15 is 0 Å². The molecule has 118 valence electrons. The number of nitrogens with one attached hydrogen (secondary N) is 2. The maximum Gasteiger partial charge on any atom is 0.235 e. The number of hydrogen-bond acceptors (Lipinski definition) is 3. The molecule has 3 rings (SSSR count). The van der Waals surface area contributed by atoms with Crippen LogP contribution in [0.25, 0.3) is 0 Å². The number of aliphatic hydroxyl groups is 1. The first-order valence-corrected chi connectivity index (χ1v) is 7.97. The van der Waals surface area contributed by atoms with Crippen LogP contribution in [0.1, 0.15) is 31.2 Å². The molecule has 1 aromatic carbocycles. The number of amides is 2. The molecule has 1 heterocycles. The van der Waals surface area contributed by atoms with Crippen molar-refractivity contribution in [2.24, 2.45) is 11.8 Å². The zero-order valence-corrected chi connectivity index (χ0v) is 12.5. The van der Waals surface area contributed by atoms with Crippen molar-refractivity contribution < 1.29 is 14.7 Å². The fourth-order valence-corrected chi connectivity index (χ4v) is 3.59. The van der Waals surface area contributed by atoms with E-state index in [0.717, 1.165) is 31.2 Å². The molecule has 5 nitrogen and oxygen atoms in total. The van der Waals surface area contributed by atoms with Gasteiger partial charge in [-0.1, -0.05) is 43.2 Å². The van der Waals surface area contributed by atoms with Crippen LogP contribution in [0, 0.1) is 11.8 Å². The number of hydrogen-bond donors (Lipinski definition) is 3. The van der Waals surface area contributed by atoms with Crippen LogP contribution in [0.3, 0.4) is 0 Å². The van der Waals surface area contributed by atoms with E-state index in [1.807, 2.05) is 30.3 Å². The highest BCUT2D eigenvalue weighted by Crippen LogP contribution is 2.33. The van der Waals surface area contributed by atoms with E-state index < -0.39 is 17.9 Å². The predicted octanol–water partition coefficient (Wildman–Crippen LogP) is 0.968. The van der Waals surface area contributed by atoms with E-state index in [1.165, 1.54) is 0 Å². The molecule has 1 aliphatic carbocycles. The molecule has 1 aromatic rings.